The lowest BCUT2D eigenvalue weighted by molar-refractivity contribution is -0.140. The maximum absolute atomic E-state index is 14.8. The van der Waals surface area contributed by atoms with E-state index in [-0.39, 0.29) is 35.5 Å². The van der Waals surface area contributed by atoms with Crippen molar-refractivity contribution in [1.82, 2.24) is 20.6 Å². The van der Waals surface area contributed by atoms with Crippen molar-refractivity contribution in [3.63, 3.8) is 0 Å². The number of aromatic nitrogens is 2. The highest BCUT2D eigenvalue weighted by molar-refractivity contribution is 6.02. The molecule has 3 heterocycles. The van der Waals surface area contributed by atoms with Gasteiger partial charge in [-0.25, -0.2) is 4.98 Å². The molecule has 0 radical (unpaired) electrons. The number of allylic oxidation sites excluding steroid dienone is 1. The van der Waals surface area contributed by atoms with Crippen LogP contribution in [0, 0.1) is 5.92 Å². The van der Waals surface area contributed by atoms with E-state index in [9.17, 15) is 18.4 Å². The minimum Gasteiger partial charge on any atom is -0.495 e. The van der Waals surface area contributed by atoms with Crippen molar-refractivity contribution in [2.45, 2.75) is 63.0 Å². The summed E-state index contributed by atoms with van der Waals surface area (Å²) in [6, 6.07) is 0.0454. The zero-order valence-corrected chi connectivity index (χ0v) is 21.8. The molecule has 2 fully saturated rings. The molecular formula is C26H35F2N7O3. The Bertz CT molecular complexity index is 1130. The number of carbonyl (C=O) groups excluding carboxylic acids is 2. The molecule has 2 amide bonds. The standard InChI is InChI=1S/C26H35F2N7O3/c1-34-20-14-30-25(33-22(20)35(18-5-3-4-6-18)15-26(27,28)24(34)37)32-19-8-7-16(13-21(19)38-2)23(36)31-17-9-11-29-12-10-17/h8,13-14,16-18,29H,3-7,9-12,15H2,1-2H3,(H,31,36)(H,30,32,33). The Morgan fingerprint density at radius 3 is 2.66 bits per heavy atom. The molecule has 0 spiro atoms. The van der Waals surface area contributed by atoms with Gasteiger partial charge in [-0.2, -0.15) is 13.8 Å². The molecule has 0 bridgehead atoms. The number of amides is 2. The summed E-state index contributed by atoms with van der Waals surface area (Å²) in [6.45, 7) is 1.07. The van der Waals surface area contributed by atoms with Gasteiger partial charge in [0.2, 0.25) is 11.9 Å². The van der Waals surface area contributed by atoms with Gasteiger partial charge in [-0.15, -0.1) is 0 Å². The van der Waals surface area contributed by atoms with Gasteiger partial charge in [0.1, 0.15) is 11.4 Å². The fourth-order valence-electron chi connectivity index (χ4n) is 5.66. The lowest BCUT2D eigenvalue weighted by Gasteiger charge is -2.31. The van der Waals surface area contributed by atoms with Gasteiger partial charge in [0.15, 0.2) is 5.82 Å². The van der Waals surface area contributed by atoms with Crippen molar-refractivity contribution < 1.29 is 23.1 Å². The quantitative estimate of drug-likeness (QED) is 0.514. The summed E-state index contributed by atoms with van der Waals surface area (Å²) < 4.78 is 35.2. The molecule has 12 heteroatoms. The first kappa shape index (κ1) is 26.3. The number of ether oxygens (including phenoxy) is 1. The topological polar surface area (TPSA) is 112 Å². The van der Waals surface area contributed by atoms with Gasteiger partial charge in [-0.3, -0.25) is 9.59 Å². The number of hydrogen-bond acceptors (Lipinski definition) is 8. The molecule has 38 heavy (non-hydrogen) atoms. The van der Waals surface area contributed by atoms with Gasteiger partial charge in [0.05, 0.1) is 31.5 Å². The van der Waals surface area contributed by atoms with E-state index in [4.69, 9.17) is 4.74 Å². The van der Waals surface area contributed by atoms with E-state index in [1.807, 2.05) is 6.08 Å². The van der Waals surface area contributed by atoms with Crippen LogP contribution in [-0.4, -0.2) is 73.6 Å². The zero-order chi connectivity index (χ0) is 26.9. The molecule has 2 aliphatic heterocycles. The minimum absolute atomic E-state index is 0.0381. The Labute approximate surface area is 220 Å². The van der Waals surface area contributed by atoms with Crippen LogP contribution in [0.1, 0.15) is 44.9 Å². The number of anilines is 3. The monoisotopic (exact) mass is 531 g/mol. The highest BCUT2D eigenvalue weighted by atomic mass is 19.3. The predicted octanol–water partition coefficient (Wildman–Crippen LogP) is 2.55. The lowest BCUT2D eigenvalue weighted by Crippen LogP contribution is -2.48. The van der Waals surface area contributed by atoms with E-state index in [1.165, 1.54) is 20.4 Å². The van der Waals surface area contributed by atoms with Crippen LogP contribution in [0.4, 0.5) is 26.2 Å². The lowest BCUT2D eigenvalue weighted by atomic mass is 9.96. The number of methoxy groups -OCH3 is 1. The molecule has 1 aromatic heterocycles. The summed E-state index contributed by atoms with van der Waals surface area (Å²) >= 11 is 0. The molecule has 1 unspecified atom stereocenters. The van der Waals surface area contributed by atoms with E-state index < -0.39 is 18.4 Å². The fourth-order valence-corrected chi connectivity index (χ4v) is 5.66. The summed E-state index contributed by atoms with van der Waals surface area (Å²) in [7, 11) is 2.85. The van der Waals surface area contributed by atoms with Crippen LogP contribution in [0.5, 0.6) is 0 Å². The number of carbonyl (C=O) groups is 2. The highest BCUT2D eigenvalue weighted by Crippen LogP contribution is 2.39. The van der Waals surface area contributed by atoms with Crippen LogP contribution >= 0.6 is 0 Å². The van der Waals surface area contributed by atoms with Gasteiger partial charge in [0.25, 0.3) is 5.91 Å². The smallest absolute Gasteiger partial charge is 0.342 e. The predicted molar refractivity (Wildman–Crippen MR) is 139 cm³/mol. The summed E-state index contributed by atoms with van der Waals surface area (Å²) in [6.07, 6.45) is 10.7. The van der Waals surface area contributed by atoms with Gasteiger partial charge >= 0.3 is 5.92 Å². The second-order valence-corrected chi connectivity index (χ2v) is 10.4. The van der Waals surface area contributed by atoms with Crippen LogP contribution < -0.4 is 25.8 Å². The van der Waals surface area contributed by atoms with Gasteiger partial charge in [-0.1, -0.05) is 18.9 Å². The average Bonchev–Trinajstić information content (AvgIpc) is 3.44. The summed E-state index contributed by atoms with van der Waals surface area (Å²) in [5, 5.41) is 9.56. The summed E-state index contributed by atoms with van der Waals surface area (Å²) in [4.78, 5) is 36.8. The van der Waals surface area contributed by atoms with E-state index in [0.29, 0.717) is 23.7 Å². The maximum atomic E-state index is 14.8. The first-order valence-corrected chi connectivity index (χ1v) is 13.3. The van der Waals surface area contributed by atoms with Crippen molar-refractivity contribution in [2.75, 3.05) is 48.9 Å². The third-order valence-electron chi connectivity index (χ3n) is 7.82. The second kappa shape index (κ2) is 10.8. The number of nitrogens with one attached hydrogen (secondary N) is 3. The zero-order valence-electron chi connectivity index (χ0n) is 21.8. The number of fused-ring (bicyclic) bond motifs is 1. The Morgan fingerprint density at radius 2 is 1.95 bits per heavy atom. The van der Waals surface area contributed by atoms with Gasteiger partial charge in [0, 0.05) is 19.1 Å². The molecule has 1 saturated heterocycles. The molecule has 4 aliphatic rings. The van der Waals surface area contributed by atoms with Crippen molar-refractivity contribution in [3.05, 3.63) is 29.8 Å². The number of piperidine rings is 1. The molecule has 1 saturated carbocycles. The Kier molecular flexibility index (Phi) is 7.51. The molecule has 10 nitrogen and oxygen atoms in total. The molecule has 206 valence electrons. The maximum Gasteiger partial charge on any atom is 0.342 e. The van der Waals surface area contributed by atoms with Crippen LogP contribution in [0.3, 0.4) is 0 Å². The first-order valence-electron chi connectivity index (χ1n) is 13.3. The van der Waals surface area contributed by atoms with Crippen molar-refractivity contribution in [1.29, 1.82) is 0 Å². The molecule has 5 rings (SSSR count). The Balaban J connectivity index is 1.36. The van der Waals surface area contributed by atoms with Crippen LogP contribution in [-0.2, 0) is 14.3 Å². The number of hydrogen-bond donors (Lipinski definition) is 3. The van der Waals surface area contributed by atoms with Crippen molar-refractivity contribution in [3.8, 4) is 0 Å². The summed E-state index contributed by atoms with van der Waals surface area (Å²) in [5.41, 5.74) is 0.841. The second-order valence-electron chi connectivity index (χ2n) is 10.4. The number of alkyl halides is 2. The number of halogens is 2. The fraction of sp³-hybridized carbons (Fsp3) is 0.615. The van der Waals surface area contributed by atoms with E-state index in [0.717, 1.165) is 56.5 Å². The van der Waals surface area contributed by atoms with Crippen LogP contribution in [0.2, 0.25) is 0 Å². The molecule has 1 atom stereocenters. The normalized spacial score (nSPS) is 24.3. The van der Waals surface area contributed by atoms with E-state index in [1.54, 1.807) is 11.0 Å². The van der Waals surface area contributed by atoms with E-state index >= 15 is 0 Å². The van der Waals surface area contributed by atoms with Crippen molar-refractivity contribution >= 4 is 29.3 Å². The molecule has 3 N–H and O–H groups in total. The van der Waals surface area contributed by atoms with Crippen LogP contribution in [0.25, 0.3) is 0 Å². The molecule has 0 aromatic carbocycles. The summed E-state index contributed by atoms with van der Waals surface area (Å²) in [5.74, 6) is -4.22. The van der Waals surface area contributed by atoms with Crippen LogP contribution in [0.15, 0.2) is 29.8 Å². The largest absolute Gasteiger partial charge is 0.495 e. The highest BCUT2D eigenvalue weighted by Gasteiger charge is 2.48. The Morgan fingerprint density at radius 1 is 1.21 bits per heavy atom. The first-order chi connectivity index (χ1) is 18.3. The SMILES string of the molecule is COC1=CC(C(=O)NC2CCNCC2)CC=C1Nc1ncc2c(n1)N(C1CCCC1)CC(F)(F)C(=O)N2C. The number of nitrogens with zero attached hydrogens (tertiary/aromatic N) is 4. The van der Waals surface area contributed by atoms with Crippen molar-refractivity contribution in [2.24, 2.45) is 5.92 Å². The third kappa shape index (κ3) is 5.31. The molecule has 2 aliphatic carbocycles. The number of rotatable bonds is 6. The third-order valence-corrected chi connectivity index (χ3v) is 7.82. The molecule has 1 aromatic rings. The van der Waals surface area contributed by atoms with E-state index in [2.05, 4.69) is 25.9 Å². The Hall–Kier alpha value is -3.28. The molecular weight excluding hydrogens is 496 g/mol. The van der Waals surface area contributed by atoms with Gasteiger partial charge in [-0.05, 0) is 51.3 Å². The minimum atomic E-state index is -3.53. The van der Waals surface area contributed by atoms with Gasteiger partial charge < -0.3 is 30.5 Å². The average molecular weight is 532 g/mol.